The number of carbonyl (C=O) groups excluding carboxylic acids is 1. The second kappa shape index (κ2) is 7.13. The molecule has 1 N–H and O–H groups in total. The topological polar surface area (TPSA) is 32.3 Å². The molecule has 1 saturated heterocycles. The van der Waals surface area contributed by atoms with Gasteiger partial charge >= 0.3 is 0 Å². The van der Waals surface area contributed by atoms with Crippen LogP contribution >= 0.6 is 0 Å². The number of amides is 1. The molecule has 0 radical (unpaired) electrons. The first-order valence-electron chi connectivity index (χ1n) is 9.04. The highest BCUT2D eigenvalue weighted by molar-refractivity contribution is 5.84. The molecule has 3 nitrogen and oxygen atoms in total. The van der Waals surface area contributed by atoms with E-state index >= 15 is 0 Å². The van der Waals surface area contributed by atoms with Gasteiger partial charge < -0.3 is 4.90 Å². The molecule has 2 aliphatic rings. The molecule has 2 rings (SSSR count). The van der Waals surface area contributed by atoms with Crippen LogP contribution < -0.4 is 5.32 Å². The van der Waals surface area contributed by atoms with Crippen LogP contribution in [0.25, 0.3) is 0 Å². The fraction of sp³-hybridized carbons (Fsp3) is 0.944. The summed E-state index contributed by atoms with van der Waals surface area (Å²) in [6.07, 6.45) is 10.1. The summed E-state index contributed by atoms with van der Waals surface area (Å²) in [6, 6.07) is 0.0671. The van der Waals surface area contributed by atoms with Crippen molar-refractivity contribution >= 4 is 5.91 Å². The number of nitrogens with one attached hydrogen (secondary N) is 1. The predicted molar refractivity (Wildman–Crippen MR) is 88.0 cm³/mol. The third-order valence-corrected chi connectivity index (χ3v) is 5.35. The summed E-state index contributed by atoms with van der Waals surface area (Å²) in [5, 5.41) is 3.51. The van der Waals surface area contributed by atoms with Crippen LogP contribution in [0.3, 0.4) is 0 Å². The molecule has 0 spiro atoms. The first-order chi connectivity index (χ1) is 9.97. The van der Waals surface area contributed by atoms with Crippen molar-refractivity contribution in [2.45, 2.75) is 91.3 Å². The van der Waals surface area contributed by atoms with Gasteiger partial charge in [0.2, 0.25) is 5.91 Å². The molecule has 0 aromatic carbocycles. The van der Waals surface area contributed by atoms with E-state index in [1.807, 2.05) is 0 Å². The van der Waals surface area contributed by atoms with Crippen LogP contribution in [0.4, 0.5) is 0 Å². The fourth-order valence-corrected chi connectivity index (χ4v) is 4.45. The van der Waals surface area contributed by atoms with Gasteiger partial charge in [-0.05, 0) is 43.9 Å². The quantitative estimate of drug-likeness (QED) is 0.771. The third-order valence-electron chi connectivity index (χ3n) is 5.35. The molecule has 1 heterocycles. The lowest BCUT2D eigenvalue weighted by molar-refractivity contribution is -0.131. The van der Waals surface area contributed by atoms with Gasteiger partial charge in [-0.1, -0.05) is 46.5 Å². The van der Waals surface area contributed by atoms with E-state index in [1.54, 1.807) is 0 Å². The van der Waals surface area contributed by atoms with E-state index in [9.17, 15) is 4.79 Å². The minimum Gasteiger partial charge on any atom is -0.326 e. The normalized spacial score (nSPS) is 28.8. The number of hydrogen-bond acceptors (Lipinski definition) is 2. The van der Waals surface area contributed by atoms with Gasteiger partial charge in [-0.15, -0.1) is 0 Å². The lowest BCUT2D eigenvalue weighted by atomic mass is 9.78. The molecule has 1 saturated carbocycles. The van der Waals surface area contributed by atoms with Crippen molar-refractivity contribution in [1.29, 1.82) is 0 Å². The van der Waals surface area contributed by atoms with E-state index in [0.717, 1.165) is 31.7 Å². The number of unbranched alkanes of at least 4 members (excludes halogenated alkanes) is 1. The molecular formula is C18H34N2O. The van der Waals surface area contributed by atoms with Crippen molar-refractivity contribution < 1.29 is 4.79 Å². The molecule has 2 fully saturated rings. The molecule has 3 heteroatoms. The van der Waals surface area contributed by atoms with Crippen molar-refractivity contribution in [2.75, 3.05) is 6.54 Å². The highest BCUT2D eigenvalue weighted by Gasteiger charge is 2.42. The van der Waals surface area contributed by atoms with Gasteiger partial charge in [0, 0.05) is 6.54 Å². The van der Waals surface area contributed by atoms with Gasteiger partial charge in [0.25, 0.3) is 0 Å². The standard InChI is InChI=1S/C18H34N2O/c1-5-6-9-16-17(21)20(15(4)19-16)13-18(12-14(2)3)10-7-8-11-18/h14-16,19H,5-13H2,1-4H3. The third kappa shape index (κ3) is 4.00. The van der Waals surface area contributed by atoms with E-state index in [1.165, 1.54) is 32.1 Å². The molecule has 0 aromatic heterocycles. The maximum absolute atomic E-state index is 12.7. The van der Waals surface area contributed by atoms with Crippen molar-refractivity contribution in [2.24, 2.45) is 11.3 Å². The Morgan fingerprint density at radius 3 is 2.57 bits per heavy atom. The summed E-state index contributed by atoms with van der Waals surface area (Å²) >= 11 is 0. The first-order valence-corrected chi connectivity index (χ1v) is 9.04. The molecule has 0 bridgehead atoms. The molecule has 2 unspecified atom stereocenters. The van der Waals surface area contributed by atoms with Gasteiger partial charge in [0.05, 0.1) is 12.2 Å². The van der Waals surface area contributed by atoms with Crippen LogP contribution in [0.1, 0.15) is 79.1 Å². The SMILES string of the molecule is CCCCC1NC(C)N(CC2(CC(C)C)CCCC2)C1=O. The van der Waals surface area contributed by atoms with E-state index in [-0.39, 0.29) is 12.2 Å². The molecule has 122 valence electrons. The average Bonchev–Trinajstić information content (AvgIpc) is 2.96. The Labute approximate surface area is 130 Å². The lowest BCUT2D eigenvalue weighted by Gasteiger charge is -2.36. The highest BCUT2D eigenvalue weighted by Crippen LogP contribution is 2.44. The zero-order valence-corrected chi connectivity index (χ0v) is 14.5. The number of nitrogens with zero attached hydrogens (tertiary/aromatic N) is 1. The summed E-state index contributed by atoms with van der Waals surface area (Å²) in [6.45, 7) is 9.95. The molecule has 1 amide bonds. The molecule has 1 aliphatic carbocycles. The smallest absolute Gasteiger partial charge is 0.241 e. The molecule has 2 atom stereocenters. The van der Waals surface area contributed by atoms with Gasteiger partial charge in [0.15, 0.2) is 0 Å². The van der Waals surface area contributed by atoms with E-state index in [0.29, 0.717) is 11.3 Å². The highest BCUT2D eigenvalue weighted by atomic mass is 16.2. The second-order valence-electron chi connectivity index (χ2n) is 7.81. The largest absolute Gasteiger partial charge is 0.326 e. The van der Waals surface area contributed by atoms with E-state index < -0.39 is 0 Å². The maximum atomic E-state index is 12.7. The van der Waals surface area contributed by atoms with Crippen LogP contribution in [0.5, 0.6) is 0 Å². The van der Waals surface area contributed by atoms with Gasteiger partial charge in [-0.25, -0.2) is 0 Å². The van der Waals surface area contributed by atoms with Crippen LogP contribution in [-0.4, -0.2) is 29.6 Å². The Morgan fingerprint density at radius 2 is 2.00 bits per heavy atom. The summed E-state index contributed by atoms with van der Waals surface area (Å²) in [5.41, 5.74) is 0.388. The van der Waals surface area contributed by atoms with Crippen molar-refractivity contribution in [3.63, 3.8) is 0 Å². The van der Waals surface area contributed by atoms with Crippen molar-refractivity contribution in [3.05, 3.63) is 0 Å². The zero-order valence-electron chi connectivity index (χ0n) is 14.5. The molecular weight excluding hydrogens is 260 g/mol. The minimum atomic E-state index is 0.0671. The summed E-state index contributed by atoms with van der Waals surface area (Å²) in [4.78, 5) is 14.8. The van der Waals surface area contributed by atoms with Gasteiger partial charge in [-0.3, -0.25) is 10.1 Å². The molecule has 0 aromatic rings. The zero-order chi connectivity index (χ0) is 15.5. The Kier molecular flexibility index (Phi) is 5.70. The maximum Gasteiger partial charge on any atom is 0.241 e. The van der Waals surface area contributed by atoms with Crippen LogP contribution in [0.2, 0.25) is 0 Å². The summed E-state index contributed by atoms with van der Waals surface area (Å²) in [5.74, 6) is 1.07. The van der Waals surface area contributed by atoms with Crippen LogP contribution in [0, 0.1) is 11.3 Å². The lowest BCUT2D eigenvalue weighted by Crippen LogP contribution is -2.43. The second-order valence-corrected chi connectivity index (χ2v) is 7.81. The minimum absolute atomic E-state index is 0.0671. The van der Waals surface area contributed by atoms with Crippen LogP contribution in [-0.2, 0) is 4.79 Å². The van der Waals surface area contributed by atoms with E-state index in [2.05, 4.69) is 37.9 Å². The molecule has 21 heavy (non-hydrogen) atoms. The predicted octanol–water partition coefficient (Wildman–Crippen LogP) is 3.93. The number of carbonyl (C=O) groups is 1. The van der Waals surface area contributed by atoms with Gasteiger partial charge in [-0.2, -0.15) is 0 Å². The van der Waals surface area contributed by atoms with E-state index in [4.69, 9.17) is 0 Å². The Hall–Kier alpha value is -0.570. The fourth-order valence-electron chi connectivity index (χ4n) is 4.45. The van der Waals surface area contributed by atoms with Crippen molar-refractivity contribution in [1.82, 2.24) is 10.2 Å². The van der Waals surface area contributed by atoms with Crippen molar-refractivity contribution in [3.8, 4) is 0 Å². The van der Waals surface area contributed by atoms with Gasteiger partial charge in [0.1, 0.15) is 0 Å². The Balaban J connectivity index is 2.01. The number of rotatable bonds is 7. The number of hydrogen-bond donors (Lipinski definition) is 1. The molecule has 1 aliphatic heterocycles. The summed E-state index contributed by atoms with van der Waals surface area (Å²) in [7, 11) is 0. The first kappa shape index (κ1) is 16.8. The average molecular weight is 294 g/mol. The summed E-state index contributed by atoms with van der Waals surface area (Å²) < 4.78 is 0. The Bertz CT molecular complexity index is 347. The monoisotopic (exact) mass is 294 g/mol. The Morgan fingerprint density at radius 1 is 1.33 bits per heavy atom. The van der Waals surface area contributed by atoms with Crippen LogP contribution in [0.15, 0.2) is 0 Å².